The van der Waals surface area contributed by atoms with Crippen LogP contribution in [0.2, 0.25) is 0 Å². The third kappa shape index (κ3) is 2.56. The van der Waals surface area contributed by atoms with Gasteiger partial charge in [-0.1, -0.05) is 66.7 Å². The molecule has 0 bridgehead atoms. The Labute approximate surface area is 191 Å². The molecule has 2 N–H and O–H groups in total. The lowest BCUT2D eigenvalue weighted by atomic mass is 9.87. The number of fused-ring (bicyclic) bond motifs is 6. The number of para-hydroxylation sites is 3. The van der Waals surface area contributed by atoms with Gasteiger partial charge in [0.25, 0.3) is 0 Å². The van der Waals surface area contributed by atoms with Crippen molar-refractivity contribution in [1.82, 2.24) is 4.57 Å². The number of hydrogen-bond acceptors (Lipinski definition) is 2. The minimum atomic E-state index is 0.777. The van der Waals surface area contributed by atoms with Crippen molar-refractivity contribution in [3.63, 3.8) is 0 Å². The van der Waals surface area contributed by atoms with E-state index in [1.807, 2.05) is 18.2 Å². The first-order valence-electron chi connectivity index (χ1n) is 11.4. The highest BCUT2D eigenvalue weighted by Gasteiger charge is 2.26. The lowest BCUT2D eigenvalue weighted by Gasteiger charge is -2.21. The molecule has 2 aromatic heterocycles. The van der Waals surface area contributed by atoms with Crippen LogP contribution in [0.3, 0.4) is 0 Å². The maximum absolute atomic E-state index is 6.73. The molecule has 2 heterocycles. The molecule has 7 rings (SSSR count). The highest BCUT2D eigenvalue weighted by molar-refractivity contribution is 6.10. The molecule has 0 radical (unpaired) electrons. The highest BCUT2D eigenvalue weighted by atomic mass is 16.3. The summed E-state index contributed by atoms with van der Waals surface area (Å²) in [6, 6.07) is 31.7. The molecule has 0 atom stereocenters. The van der Waals surface area contributed by atoms with Crippen molar-refractivity contribution in [2.24, 2.45) is 0 Å². The normalized spacial score (nSPS) is 13.5. The zero-order valence-electron chi connectivity index (χ0n) is 18.1. The van der Waals surface area contributed by atoms with Gasteiger partial charge in [-0.3, -0.25) is 0 Å². The van der Waals surface area contributed by atoms with Gasteiger partial charge in [-0.2, -0.15) is 0 Å². The fourth-order valence-electron chi connectivity index (χ4n) is 5.46. The molecule has 0 saturated heterocycles. The van der Waals surface area contributed by atoms with Gasteiger partial charge in [0.15, 0.2) is 0 Å². The van der Waals surface area contributed by atoms with Crippen LogP contribution < -0.4 is 5.73 Å². The summed E-state index contributed by atoms with van der Waals surface area (Å²) in [6.07, 6.45) is 4.17. The number of nitrogen functional groups attached to an aromatic ring is 1. The maximum Gasteiger partial charge on any atom is 0.134 e. The van der Waals surface area contributed by atoms with Crippen LogP contribution in [-0.2, 0) is 6.42 Å². The third-order valence-electron chi connectivity index (χ3n) is 6.82. The predicted octanol–water partition coefficient (Wildman–Crippen LogP) is 7.49. The fraction of sp³-hybridized carbons (Fsp3) is 0.0667. The van der Waals surface area contributed by atoms with Crippen molar-refractivity contribution in [2.45, 2.75) is 12.8 Å². The molecule has 3 nitrogen and oxygen atoms in total. The van der Waals surface area contributed by atoms with Gasteiger partial charge in [0, 0.05) is 39.4 Å². The molecular weight excluding hydrogens is 404 g/mol. The minimum absolute atomic E-state index is 0.777. The Morgan fingerprint density at radius 2 is 1.33 bits per heavy atom. The maximum atomic E-state index is 6.73. The average Bonchev–Trinajstić information content (AvgIpc) is 3.40. The van der Waals surface area contributed by atoms with E-state index >= 15 is 0 Å². The number of nitrogens with two attached hydrogens (primary N) is 1. The number of hydrogen-bond donors (Lipinski definition) is 1. The Hall–Kier alpha value is -4.24. The number of allylic oxidation sites excluding steroid dienone is 1. The molecule has 33 heavy (non-hydrogen) atoms. The summed E-state index contributed by atoms with van der Waals surface area (Å²) >= 11 is 0. The molecule has 0 unspecified atom stereocenters. The van der Waals surface area contributed by atoms with Crippen molar-refractivity contribution in [1.29, 1.82) is 0 Å². The first kappa shape index (κ1) is 18.3. The number of furan rings is 1. The second-order valence-corrected chi connectivity index (χ2v) is 8.66. The topological polar surface area (TPSA) is 44.1 Å². The summed E-state index contributed by atoms with van der Waals surface area (Å²) < 4.78 is 8.62. The monoisotopic (exact) mass is 426 g/mol. The van der Waals surface area contributed by atoms with Gasteiger partial charge in [0.2, 0.25) is 0 Å². The number of nitrogens with zero attached hydrogens (tertiary/aromatic N) is 1. The van der Waals surface area contributed by atoms with Crippen LogP contribution in [0, 0.1) is 0 Å². The second kappa shape index (κ2) is 6.88. The van der Waals surface area contributed by atoms with Gasteiger partial charge in [0.05, 0.1) is 16.7 Å². The number of benzene rings is 4. The standard InChI is InChI=1S/C30H22N2O/c31-23-13-8-16-26(32-24-14-4-1-9-19(24)20-10-2-5-15-25(20)32)30(23)22-12-7-18-28-29(22)21-11-3-6-17-27(21)33-28/h1-6,8-17H,7,18,31H2. The molecule has 4 aromatic carbocycles. The molecule has 6 aromatic rings. The quantitative estimate of drug-likeness (QED) is 0.292. The summed E-state index contributed by atoms with van der Waals surface area (Å²) in [5.74, 6) is 1.05. The van der Waals surface area contributed by atoms with Crippen LogP contribution in [0.5, 0.6) is 0 Å². The predicted molar refractivity (Wildman–Crippen MR) is 137 cm³/mol. The van der Waals surface area contributed by atoms with E-state index in [1.54, 1.807) is 0 Å². The van der Waals surface area contributed by atoms with E-state index in [2.05, 4.69) is 83.4 Å². The third-order valence-corrected chi connectivity index (χ3v) is 6.82. The van der Waals surface area contributed by atoms with Crippen LogP contribution >= 0.6 is 0 Å². The van der Waals surface area contributed by atoms with Crippen molar-refractivity contribution in [3.05, 3.63) is 114 Å². The molecule has 0 spiro atoms. The minimum Gasteiger partial charge on any atom is -0.460 e. The van der Waals surface area contributed by atoms with Gasteiger partial charge in [-0.15, -0.1) is 0 Å². The summed E-state index contributed by atoms with van der Waals surface area (Å²) in [4.78, 5) is 0. The van der Waals surface area contributed by atoms with Crippen LogP contribution in [0.25, 0.3) is 44.0 Å². The largest absolute Gasteiger partial charge is 0.460 e. The number of anilines is 1. The SMILES string of the molecule is Nc1cccc(-n2c3ccccc3c3ccccc32)c1C1=CCCc2oc3ccccc3c21. The molecule has 3 heteroatoms. The average molecular weight is 427 g/mol. The Bertz CT molecular complexity index is 1680. The van der Waals surface area contributed by atoms with Crippen molar-refractivity contribution >= 4 is 44.0 Å². The Kier molecular flexibility index (Phi) is 3.82. The Balaban J connectivity index is 1.58. The van der Waals surface area contributed by atoms with Gasteiger partial charge >= 0.3 is 0 Å². The fourth-order valence-corrected chi connectivity index (χ4v) is 5.46. The summed E-state index contributed by atoms with van der Waals surface area (Å²) in [5, 5.41) is 3.64. The summed E-state index contributed by atoms with van der Waals surface area (Å²) in [7, 11) is 0. The number of rotatable bonds is 2. The van der Waals surface area contributed by atoms with Gasteiger partial charge in [0.1, 0.15) is 11.3 Å². The van der Waals surface area contributed by atoms with Crippen LogP contribution in [-0.4, -0.2) is 4.57 Å². The summed E-state index contributed by atoms with van der Waals surface area (Å²) in [6.45, 7) is 0. The molecular formula is C30H22N2O. The lowest BCUT2D eigenvalue weighted by Crippen LogP contribution is -2.07. The van der Waals surface area contributed by atoms with Gasteiger partial charge in [-0.25, -0.2) is 0 Å². The molecule has 0 saturated carbocycles. The van der Waals surface area contributed by atoms with Crippen molar-refractivity contribution in [2.75, 3.05) is 5.73 Å². The van der Waals surface area contributed by atoms with E-state index in [0.29, 0.717) is 0 Å². The number of aromatic nitrogens is 1. The first-order chi connectivity index (χ1) is 16.3. The van der Waals surface area contributed by atoms with E-state index in [-0.39, 0.29) is 0 Å². The lowest BCUT2D eigenvalue weighted by molar-refractivity contribution is 0.545. The van der Waals surface area contributed by atoms with Gasteiger partial charge in [-0.05, 0) is 42.3 Å². The molecule has 158 valence electrons. The van der Waals surface area contributed by atoms with E-state index in [9.17, 15) is 0 Å². The molecule has 1 aliphatic carbocycles. The zero-order chi connectivity index (χ0) is 21.9. The Morgan fingerprint density at radius 1 is 0.667 bits per heavy atom. The van der Waals surface area contributed by atoms with E-state index in [0.717, 1.165) is 52.1 Å². The molecule has 0 amide bonds. The van der Waals surface area contributed by atoms with E-state index < -0.39 is 0 Å². The smallest absolute Gasteiger partial charge is 0.134 e. The molecule has 1 aliphatic rings. The zero-order valence-corrected chi connectivity index (χ0v) is 18.1. The van der Waals surface area contributed by atoms with E-state index in [1.165, 1.54) is 27.4 Å². The highest BCUT2D eigenvalue weighted by Crippen LogP contribution is 2.44. The van der Waals surface area contributed by atoms with Crippen LogP contribution in [0.1, 0.15) is 23.3 Å². The van der Waals surface area contributed by atoms with Gasteiger partial charge < -0.3 is 14.7 Å². The van der Waals surface area contributed by atoms with Crippen LogP contribution in [0.15, 0.2) is 101 Å². The summed E-state index contributed by atoms with van der Waals surface area (Å²) in [5.41, 5.74) is 15.3. The van der Waals surface area contributed by atoms with Crippen molar-refractivity contribution < 1.29 is 4.42 Å². The first-order valence-corrected chi connectivity index (χ1v) is 11.4. The number of aryl methyl sites for hydroxylation is 1. The van der Waals surface area contributed by atoms with Crippen molar-refractivity contribution in [3.8, 4) is 5.69 Å². The molecule has 0 fully saturated rings. The molecule has 0 aliphatic heterocycles. The Morgan fingerprint density at radius 3 is 2.09 bits per heavy atom. The van der Waals surface area contributed by atoms with E-state index in [4.69, 9.17) is 10.2 Å². The second-order valence-electron chi connectivity index (χ2n) is 8.66. The van der Waals surface area contributed by atoms with Crippen LogP contribution in [0.4, 0.5) is 5.69 Å².